The molecule has 2 aromatic heterocycles. The number of benzene rings is 2. The van der Waals surface area contributed by atoms with Crippen molar-refractivity contribution >= 4 is 22.7 Å². The summed E-state index contributed by atoms with van der Waals surface area (Å²) in [7, 11) is 0. The molecule has 7 heteroatoms. The van der Waals surface area contributed by atoms with Gasteiger partial charge in [0.2, 0.25) is 11.8 Å². The minimum absolute atomic E-state index is 0.0327. The Morgan fingerprint density at radius 2 is 1.79 bits per heavy atom. The number of carbonyl (C=O) groups is 2. The third-order valence-electron chi connectivity index (χ3n) is 7.37. The van der Waals surface area contributed by atoms with Gasteiger partial charge in [0.15, 0.2) is 0 Å². The predicted molar refractivity (Wildman–Crippen MR) is 150 cm³/mol. The summed E-state index contributed by atoms with van der Waals surface area (Å²) >= 11 is 0. The van der Waals surface area contributed by atoms with Crippen molar-refractivity contribution in [2.24, 2.45) is 0 Å². The van der Waals surface area contributed by atoms with Crippen molar-refractivity contribution in [3.63, 3.8) is 0 Å². The maximum absolute atomic E-state index is 14.7. The summed E-state index contributed by atoms with van der Waals surface area (Å²) in [5, 5.41) is 3.96. The average Bonchev–Trinajstić information content (AvgIpc) is 3.34. The van der Waals surface area contributed by atoms with Crippen LogP contribution in [0.5, 0.6) is 0 Å². The van der Waals surface area contributed by atoms with Crippen LogP contribution in [0, 0.1) is 6.92 Å². The van der Waals surface area contributed by atoms with Crippen LogP contribution in [0.1, 0.15) is 60.3 Å². The molecule has 3 heterocycles. The van der Waals surface area contributed by atoms with Crippen LogP contribution in [-0.2, 0) is 16.0 Å². The monoisotopic (exact) mass is 524 g/mol. The Bertz CT molecular complexity index is 1470. The highest BCUT2D eigenvalue weighted by Crippen LogP contribution is 2.27. The van der Waals surface area contributed by atoms with E-state index in [1.807, 2.05) is 85.9 Å². The Kier molecular flexibility index (Phi) is 7.68. The van der Waals surface area contributed by atoms with E-state index in [0.717, 1.165) is 33.3 Å². The van der Waals surface area contributed by atoms with E-state index in [-0.39, 0.29) is 31.2 Å². The Balaban J connectivity index is 1.38. The van der Waals surface area contributed by atoms with Crippen LogP contribution in [0.2, 0.25) is 0 Å². The molecule has 5 rings (SSSR count). The Hall–Kier alpha value is -4.13. The molecule has 1 saturated heterocycles. The highest BCUT2D eigenvalue weighted by molar-refractivity contribution is 5.92. The first-order valence-electron chi connectivity index (χ1n) is 13.4. The zero-order valence-electron chi connectivity index (χ0n) is 22.5. The molecular formula is C32H33FN4O2. The second kappa shape index (κ2) is 11.3. The molecule has 3 atom stereocenters. The van der Waals surface area contributed by atoms with Crippen molar-refractivity contribution in [2.45, 2.75) is 57.8 Å². The van der Waals surface area contributed by atoms with E-state index in [9.17, 15) is 14.0 Å². The highest BCUT2D eigenvalue weighted by atomic mass is 19.1. The Morgan fingerprint density at radius 3 is 2.51 bits per heavy atom. The van der Waals surface area contributed by atoms with Gasteiger partial charge >= 0.3 is 0 Å². The zero-order chi connectivity index (χ0) is 27.5. The number of nitrogens with one attached hydrogen (secondary N) is 1. The summed E-state index contributed by atoms with van der Waals surface area (Å²) in [6, 6.07) is 21.6. The fraction of sp³-hybridized carbons (Fsp3) is 0.312. The number of rotatable bonds is 7. The van der Waals surface area contributed by atoms with Crippen molar-refractivity contribution in [1.82, 2.24) is 20.2 Å². The van der Waals surface area contributed by atoms with E-state index in [1.165, 1.54) is 4.90 Å². The van der Waals surface area contributed by atoms with Gasteiger partial charge in [0.1, 0.15) is 12.2 Å². The van der Waals surface area contributed by atoms with E-state index in [4.69, 9.17) is 0 Å². The molecule has 1 N–H and O–H groups in total. The van der Waals surface area contributed by atoms with Crippen LogP contribution >= 0.6 is 0 Å². The Labute approximate surface area is 228 Å². The first-order valence-corrected chi connectivity index (χ1v) is 13.4. The molecule has 1 fully saturated rings. The molecule has 1 aliphatic heterocycles. The first kappa shape index (κ1) is 26.5. The van der Waals surface area contributed by atoms with Crippen LogP contribution in [-0.4, -0.2) is 45.4 Å². The van der Waals surface area contributed by atoms with Crippen molar-refractivity contribution in [1.29, 1.82) is 0 Å². The summed E-state index contributed by atoms with van der Waals surface area (Å²) in [6.45, 7) is 6.02. The van der Waals surface area contributed by atoms with E-state index < -0.39 is 18.3 Å². The van der Waals surface area contributed by atoms with Crippen LogP contribution in [0.4, 0.5) is 4.39 Å². The maximum atomic E-state index is 14.7. The number of hydrogen-bond donors (Lipinski definition) is 1. The summed E-state index contributed by atoms with van der Waals surface area (Å²) in [5.74, 6) is -0.334. The first-order chi connectivity index (χ1) is 18.8. The minimum Gasteiger partial charge on any atom is -0.342 e. The number of hydrogen-bond acceptors (Lipinski definition) is 4. The van der Waals surface area contributed by atoms with Crippen molar-refractivity contribution < 1.29 is 14.0 Å². The molecule has 0 spiro atoms. The second-order valence-corrected chi connectivity index (χ2v) is 10.5. The van der Waals surface area contributed by atoms with Crippen molar-refractivity contribution in [2.75, 3.05) is 6.54 Å². The molecule has 0 radical (unpaired) electrons. The van der Waals surface area contributed by atoms with Gasteiger partial charge in [-0.05, 0) is 47.7 Å². The SMILES string of the molecule is Cc1ccc2c(CC(=O)N3CC(F)CC3C(=O)NC(c3ccccc3)c3ccc(C(C)C)cn3)cccc2n1. The number of fused-ring (bicyclic) bond motifs is 1. The van der Waals surface area contributed by atoms with E-state index in [0.29, 0.717) is 11.6 Å². The molecule has 200 valence electrons. The van der Waals surface area contributed by atoms with Gasteiger partial charge in [-0.25, -0.2) is 4.39 Å². The number of nitrogens with zero attached hydrogens (tertiary/aromatic N) is 3. The maximum Gasteiger partial charge on any atom is 0.243 e. The van der Waals surface area contributed by atoms with Crippen molar-refractivity contribution in [3.05, 3.63) is 107 Å². The molecule has 4 aromatic rings. The highest BCUT2D eigenvalue weighted by Gasteiger charge is 2.40. The standard InChI is InChI=1S/C32H33FN4O2/c1-20(2)24-13-15-28(34-18-24)31(22-8-5-4-6-9-22)36-32(39)29-17-25(33)19-37(29)30(38)16-23-10-7-11-27-26(23)14-12-21(3)35-27/h4-15,18,20,25,29,31H,16-17,19H2,1-3H3,(H,36,39). The van der Waals surface area contributed by atoms with Crippen LogP contribution in [0.25, 0.3) is 10.9 Å². The predicted octanol–water partition coefficient (Wildman–Crippen LogP) is 5.45. The lowest BCUT2D eigenvalue weighted by molar-refractivity contribution is -0.138. The fourth-order valence-corrected chi connectivity index (χ4v) is 5.19. The lowest BCUT2D eigenvalue weighted by Gasteiger charge is -2.27. The molecular weight excluding hydrogens is 491 g/mol. The topological polar surface area (TPSA) is 75.2 Å². The second-order valence-electron chi connectivity index (χ2n) is 10.5. The fourth-order valence-electron chi connectivity index (χ4n) is 5.19. The number of aryl methyl sites for hydroxylation is 1. The molecule has 0 bridgehead atoms. The molecule has 3 unspecified atom stereocenters. The summed E-state index contributed by atoms with van der Waals surface area (Å²) < 4.78 is 14.7. The minimum atomic E-state index is -1.26. The largest absolute Gasteiger partial charge is 0.342 e. The molecule has 2 amide bonds. The lowest BCUT2D eigenvalue weighted by atomic mass is 10.00. The third-order valence-corrected chi connectivity index (χ3v) is 7.37. The number of pyridine rings is 2. The number of likely N-dealkylation sites (tertiary alicyclic amines) is 1. The van der Waals surface area contributed by atoms with Gasteiger partial charge < -0.3 is 10.2 Å². The number of alkyl halides is 1. The molecule has 1 aliphatic rings. The molecule has 2 aromatic carbocycles. The van der Waals surface area contributed by atoms with Crippen LogP contribution < -0.4 is 5.32 Å². The number of halogens is 1. The van der Waals surface area contributed by atoms with Gasteiger partial charge in [-0.3, -0.25) is 19.6 Å². The molecule has 39 heavy (non-hydrogen) atoms. The molecule has 0 aliphatic carbocycles. The summed E-state index contributed by atoms with van der Waals surface area (Å²) in [6.07, 6.45) is 0.597. The van der Waals surface area contributed by atoms with Gasteiger partial charge in [0, 0.05) is 23.7 Å². The lowest BCUT2D eigenvalue weighted by Crippen LogP contribution is -2.47. The summed E-state index contributed by atoms with van der Waals surface area (Å²) in [5.41, 5.74) is 5.16. The van der Waals surface area contributed by atoms with Crippen LogP contribution in [0.15, 0.2) is 79.0 Å². The van der Waals surface area contributed by atoms with Gasteiger partial charge in [0.25, 0.3) is 0 Å². The summed E-state index contributed by atoms with van der Waals surface area (Å²) in [4.78, 5) is 37.7. The average molecular weight is 525 g/mol. The van der Waals surface area contributed by atoms with Gasteiger partial charge in [-0.15, -0.1) is 0 Å². The van der Waals surface area contributed by atoms with Crippen LogP contribution in [0.3, 0.4) is 0 Å². The van der Waals surface area contributed by atoms with Crippen molar-refractivity contribution in [3.8, 4) is 0 Å². The van der Waals surface area contributed by atoms with Gasteiger partial charge in [-0.2, -0.15) is 0 Å². The van der Waals surface area contributed by atoms with E-state index in [2.05, 4.69) is 29.1 Å². The number of carbonyl (C=O) groups excluding carboxylic acids is 2. The zero-order valence-corrected chi connectivity index (χ0v) is 22.5. The van der Waals surface area contributed by atoms with E-state index in [1.54, 1.807) is 0 Å². The third kappa shape index (κ3) is 5.82. The molecule has 0 saturated carbocycles. The van der Waals surface area contributed by atoms with Gasteiger partial charge in [0.05, 0.1) is 30.2 Å². The van der Waals surface area contributed by atoms with E-state index >= 15 is 0 Å². The molecule has 6 nitrogen and oxygen atoms in total. The Morgan fingerprint density at radius 1 is 1.00 bits per heavy atom. The quantitative estimate of drug-likeness (QED) is 0.349. The number of aromatic nitrogens is 2. The normalized spacial score (nSPS) is 17.9. The smallest absolute Gasteiger partial charge is 0.243 e. The number of amides is 2. The van der Waals surface area contributed by atoms with Gasteiger partial charge in [-0.1, -0.05) is 68.4 Å².